The van der Waals surface area contributed by atoms with Gasteiger partial charge in [0.1, 0.15) is 12.3 Å². The summed E-state index contributed by atoms with van der Waals surface area (Å²) in [6.45, 7) is 3.75. The van der Waals surface area contributed by atoms with Gasteiger partial charge in [-0.2, -0.15) is 0 Å². The number of hydrogen-bond donors (Lipinski definition) is 0. The number of nitrogens with zero attached hydrogens (tertiary/aromatic N) is 2. The number of esters is 1. The molecule has 1 saturated carbocycles. The van der Waals surface area contributed by atoms with Crippen LogP contribution in [0.5, 0.6) is 0 Å². The van der Waals surface area contributed by atoms with Crippen molar-refractivity contribution in [2.24, 2.45) is 0 Å². The van der Waals surface area contributed by atoms with Crippen molar-refractivity contribution < 1.29 is 18.8 Å². The summed E-state index contributed by atoms with van der Waals surface area (Å²) in [4.78, 5) is 25.2. The van der Waals surface area contributed by atoms with Gasteiger partial charge in [0.2, 0.25) is 0 Å². The van der Waals surface area contributed by atoms with Gasteiger partial charge in [0.15, 0.2) is 5.69 Å². The first kappa shape index (κ1) is 12.6. The van der Waals surface area contributed by atoms with Gasteiger partial charge in [0, 0.05) is 12.1 Å². The van der Waals surface area contributed by atoms with E-state index < -0.39 is 5.97 Å². The summed E-state index contributed by atoms with van der Waals surface area (Å²) in [5.41, 5.74) is 0.240. The van der Waals surface area contributed by atoms with Crippen LogP contribution in [-0.2, 0) is 9.53 Å². The fraction of sp³-hybridized carbons (Fsp3) is 0.583. The average Bonchev–Trinajstić information content (AvgIpc) is 3.08. The highest BCUT2D eigenvalue weighted by Gasteiger charge is 2.35. The van der Waals surface area contributed by atoms with Crippen LogP contribution < -0.4 is 0 Å². The monoisotopic (exact) mass is 252 g/mol. The second kappa shape index (κ2) is 5.20. The summed E-state index contributed by atoms with van der Waals surface area (Å²) < 4.78 is 9.74. The molecule has 0 aromatic carbocycles. The van der Waals surface area contributed by atoms with Crippen LogP contribution in [0.15, 0.2) is 10.6 Å². The Morgan fingerprint density at radius 1 is 1.56 bits per heavy atom. The third-order valence-corrected chi connectivity index (χ3v) is 2.70. The summed E-state index contributed by atoms with van der Waals surface area (Å²) >= 11 is 0. The van der Waals surface area contributed by atoms with E-state index in [1.165, 1.54) is 4.90 Å². The van der Waals surface area contributed by atoms with Crippen molar-refractivity contribution in [1.82, 2.24) is 10.1 Å². The zero-order valence-corrected chi connectivity index (χ0v) is 10.5. The molecule has 18 heavy (non-hydrogen) atoms. The number of rotatable bonds is 5. The lowest BCUT2D eigenvalue weighted by atomic mass is 10.3. The number of carbonyl (C=O) groups is 2. The van der Waals surface area contributed by atoms with Crippen LogP contribution in [0, 0.1) is 6.92 Å². The molecule has 0 radical (unpaired) electrons. The van der Waals surface area contributed by atoms with Crippen molar-refractivity contribution in [3.8, 4) is 0 Å². The van der Waals surface area contributed by atoms with Gasteiger partial charge in [0.25, 0.3) is 5.91 Å². The van der Waals surface area contributed by atoms with E-state index in [1.54, 1.807) is 19.9 Å². The van der Waals surface area contributed by atoms with E-state index in [2.05, 4.69) is 5.16 Å². The largest absolute Gasteiger partial charge is 0.465 e. The van der Waals surface area contributed by atoms with Crippen molar-refractivity contribution in [2.75, 3.05) is 13.2 Å². The van der Waals surface area contributed by atoms with Gasteiger partial charge in [-0.05, 0) is 26.7 Å². The van der Waals surface area contributed by atoms with E-state index in [-0.39, 0.29) is 24.2 Å². The standard InChI is InChI=1S/C12H16N2O4/c1-3-17-11(15)7-14(9-4-5-9)12(16)10-6-8(2)18-13-10/h6,9H,3-5,7H2,1-2H3. The first-order valence-electron chi connectivity index (χ1n) is 6.01. The maximum atomic E-state index is 12.2. The fourth-order valence-electron chi connectivity index (χ4n) is 1.71. The van der Waals surface area contributed by atoms with E-state index in [4.69, 9.17) is 9.26 Å². The van der Waals surface area contributed by atoms with Crippen LogP contribution in [0.4, 0.5) is 0 Å². The Morgan fingerprint density at radius 2 is 2.28 bits per heavy atom. The smallest absolute Gasteiger partial charge is 0.325 e. The maximum Gasteiger partial charge on any atom is 0.325 e. The zero-order chi connectivity index (χ0) is 13.1. The van der Waals surface area contributed by atoms with Gasteiger partial charge in [-0.3, -0.25) is 9.59 Å². The van der Waals surface area contributed by atoms with Crippen LogP contribution in [0.2, 0.25) is 0 Å². The van der Waals surface area contributed by atoms with E-state index in [0.717, 1.165) is 12.8 Å². The lowest BCUT2D eigenvalue weighted by molar-refractivity contribution is -0.144. The van der Waals surface area contributed by atoms with Crippen molar-refractivity contribution >= 4 is 11.9 Å². The normalized spacial score (nSPS) is 14.3. The highest BCUT2D eigenvalue weighted by Crippen LogP contribution is 2.28. The molecule has 0 bridgehead atoms. The molecule has 1 heterocycles. The van der Waals surface area contributed by atoms with E-state index >= 15 is 0 Å². The molecule has 0 aliphatic heterocycles. The van der Waals surface area contributed by atoms with Gasteiger partial charge < -0.3 is 14.2 Å². The predicted molar refractivity (Wildman–Crippen MR) is 61.9 cm³/mol. The predicted octanol–water partition coefficient (Wildman–Crippen LogP) is 1.15. The van der Waals surface area contributed by atoms with Gasteiger partial charge in [-0.1, -0.05) is 5.16 Å². The van der Waals surface area contributed by atoms with Crippen LogP contribution in [0.3, 0.4) is 0 Å². The van der Waals surface area contributed by atoms with E-state index in [1.807, 2.05) is 0 Å². The number of amides is 1. The molecule has 1 fully saturated rings. The molecule has 1 aromatic rings. The number of hydrogen-bond acceptors (Lipinski definition) is 5. The quantitative estimate of drug-likeness (QED) is 0.735. The SMILES string of the molecule is CCOC(=O)CN(C(=O)c1cc(C)on1)C1CC1. The molecule has 0 unspecified atom stereocenters. The molecule has 0 spiro atoms. The molecule has 0 N–H and O–H groups in total. The van der Waals surface area contributed by atoms with Crippen molar-refractivity contribution in [3.05, 3.63) is 17.5 Å². The molecule has 6 heteroatoms. The lowest BCUT2D eigenvalue weighted by Crippen LogP contribution is -2.38. The van der Waals surface area contributed by atoms with Gasteiger partial charge >= 0.3 is 5.97 Å². The third kappa shape index (κ3) is 2.88. The van der Waals surface area contributed by atoms with Crippen LogP contribution in [-0.4, -0.2) is 41.1 Å². The molecule has 2 rings (SSSR count). The van der Waals surface area contributed by atoms with Crippen molar-refractivity contribution in [2.45, 2.75) is 32.7 Å². The minimum absolute atomic E-state index is 0.0246. The maximum absolute atomic E-state index is 12.2. The Bertz CT molecular complexity index is 451. The molecule has 0 atom stereocenters. The van der Waals surface area contributed by atoms with Gasteiger partial charge in [-0.25, -0.2) is 0 Å². The number of carbonyl (C=O) groups excluding carboxylic acids is 2. The van der Waals surface area contributed by atoms with Gasteiger partial charge in [0.05, 0.1) is 6.61 Å². The Balaban J connectivity index is 2.05. The minimum atomic E-state index is -0.391. The summed E-state index contributed by atoms with van der Waals surface area (Å²) in [6.07, 6.45) is 1.84. The van der Waals surface area contributed by atoms with Crippen LogP contribution >= 0.6 is 0 Å². The fourth-order valence-corrected chi connectivity index (χ4v) is 1.71. The number of ether oxygens (including phenoxy) is 1. The van der Waals surface area contributed by atoms with E-state index in [9.17, 15) is 9.59 Å². The number of aryl methyl sites for hydroxylation is 1. The molecule has 6 nitrogen and oxygen atoms in total. The average molecular weight is 252 g/mol. The molecule has 1 aliphatic carbocycles. The van der Waals surface area contributed by atoms with Crippen LogP contribution in [0.1, 0.15) is 36.0 Å². The summed E-state index contributed by atoms with van der Waals surface area (Å²) in [7, 11) is 0. The first-order chi connectivity index (χ1) is 8.61. The van der Waals surface area contributed by atoms with Gasteiger partial charge in [-0.15, -0.1) is 0 Å². The van der Waals surface area contributed by atoms with Crippen molar-refractivity contribution in [3.63, 3.8) is 0 Å². The Hall–Kier alpha value is -1.85. The third-order valence-electron chi connectivity index (χ3n) is 2.70. The molecule has 0 saturated heterocycles. The highest BCUT2D eigenvalue weighted by atomic mass is 16.5. The molecule has 1 aromatic heterocycles. The Morgan fingerprint density at radius 3 is 2.78 bits per heavy atom. The molecule has 1 aliphatic rings. The Labute approximate surface area is 105 Å². The second-order valence-corrected chi connectivity index (χ2v) is 4.29. The first-order valence-corrected chi connectivity index (χ1v) is 6.01. The molecular weight excluding hydrogens is 236 g/mol. The van der Waals surface area contributed by atoms with Crippen molar-refractivity contribution in [1.29, 1.82) is 0 Å². The summed E-state index contributed by atoms with van der Waals surface area (Å²) in [5.74, 6) is -0.0920. The molecular formula is C12H16N2O4. The minimum Gasteiger partial charge on any atom is -0.465 e. The zero-order valence-electron chi connectivity index (χ0n) is 10.5. The van der Waals surface area contributed by atoms with Crippen LogP contribution in [0.25, 0.3) is 0 Å². The highest BCUT2D eigenvalue weighted by molar-refractivity contribution is 5.94. The van der Waals surface area contributed by atoms with E-state index in [0.29, 0.717) is 12.4 Å². The Kier molecular flexibility index (Phi) is 3.64. The lowest BCUT2D eigenvalue weighted by Gasteiger charge is -2.19. The second-order valence-electron chi connectivity index (χ2n) is 4.29. The molecule has 1 amide bonds. The number of aromatic nitrogens is 1. The molecule has 98 valence electrons. The topological polar surface area (TPSA) is 72.6 Å². The summed E-state index contributed by atoms with van der Waals surface area (Å²) in [6, 6.07) is 1.70. The summed E-state index contributed by atoms with van der Waals surface area (Å²) in [5, 5.41) is 3.68.